The average Bonchev–Trinajstić information content (AvgIpc) is 2.90. The molecule has 1 aliphatic heterocycles. The number of carbonyl (C=O) groups is 1. The van der Waals surface area contributed by atoms with Crippen molar-refractivity contribution in [1.29, 1.82) is 0 Å². The Bertz CT molecular complexity index is 510. The van der Waals surface area contributed by atoms with E-state index in [4.69, 9.17) is 0 Å². The maximum atomic E-state index is 14.1. The average molecular weight is 275 g/mol. The van der Waals surface area contributed by atoms with Gasteiger partial charge in [0.2, 0.25) is 0 Å². The number of benzene rings is 1. The second-order valence-corrected chi connectivity index (χ2v) is 6.44. The molecule has 1 aromatic rings. The molecule has 0 aromatic heterocycles. The quantitative estimate of drug-likeness (QED) is 0.760. The van der Waals surface area contributed by atoms with Crippen molar-refractivity contribution >= 4 is 5.91 Å². The third-order valence-electron chi connectivity index (χ3n) is 5.20. The molecule has 1 heterocycles. The molecular formula is C17H22FNO. The van der Waals surface area contributed by atoms with Crippen LogP contribution in [0.2, 0.25) is 0 Å². The van der Waals surface area contributed by atoms with Crippen LogP contribution in [-0.4, -0.2) is 23.9 Å². The molecule has 1 aliphatic carbocycles. The highest BCUT2D eigenvalue weighted by molar-refractivity contribution is 5.94. The van der Waals surface area contributed by atoms with Crippen LogP contribution in [0.4, 0.5) is 4.39 Å². The van der Waals surface area contributed by atoms with E-state index >= 15 is 0 Å². The molecule has 2 aliphatic rings. The number of piperidine rings is 1. The minimum atomic E-state index is -0.362. The minimum Gasteiger partial charge on any atom is -0.339 e. The molecule has 1 aromatic carbocycles. The van der Waals surface area contributed by atoms with Gasteiger partial charge >= 0.3 is 0 Å². The highest BCUT2D eigenvalue weighted by Gasteiger charge is 2.38. The van der Waals surface area contributed by atoms with Gasteiger partial charge in [-0.25, -0.2) is 4.39 Å². The van der Waals surface area contributed by atoms with Crippen molar-refractivity contribution in [2.24, 2.45) is 5.41 Å². The molecule has 0 N–H and O–H groups in total. The molecule has 2 nitrogen and oxygen atoms in total. The van der Waals surface area contributed by atoms with Gasteiger partial charge in [0, 0.05) is 13.1 Å². The zero-order valence-electron chi connectivity index (χ0n) is 12.1. The molecule has 20 heavy (non-hydrogen) atoms. The van der Waals surface area contributed by atoms with E-state index in [0.717, 1.165) is 25.9 Å². The van der Waals surface area contributed by atoms with Gasteiger partial charge in [-0.2, -0.15) is 0 Å². The van der Waals surface area contributed by atoms with Crippen molar-refractivity contribution in [3.05, 3.63) is 35.1 Å². The Morgan fingerprint density at radius 2 is 1.80 bits per heavy atom. The van der Waals surface area contributed by atoms with Crippen LogP contribution in [0.15, 0.2) is 18.2 Å². The van der Waals surface area contributed by atoms with Gasteiger partial charge in [0.15, 0.2) is 0 Å². The number of hydrogen-bond donors (Lipinski definition) is 0. The van der Waals surface area contributed by atoms with Crippen molar-refractivity contribution in [3.8, 4) is 0 Å². The van der Waals surface area contributed by atoms with Crippen molar-refractivity contribution < 1.29 is 9.18 Å². The molecule has 1 amide bonds. The van der Waals surface area contributed by atoms with Crippen molar-refractivity contribution in [1.82, 2.24) is 4.90 Å². The number of likely N-dealkylation sites (tertiary alicyclic amines) is 1. The smallest absolute Gasteiger partial charge is 0.256 e. The van der Waals surface area contributed by atoms with Gasteiger partial charge in [0.05, 0.1) is 5.56 Å². The molecular weight excluding hydrogens is 253 g/mol. The fourth-order valence-corrected chi connectivity index (χ4v) is 3.79. The summed E-state index contributed by atoms with van der Waals surface area (Å²) < 4.78 is 14.1. The first-order valence-electron chi connectivity index (χ1n) is 7.66. The summed E-state index contributed by atoms with van der Waals surface area (Å²) >= 11 is 0. The molecule has 0 radical (unpaired) electrons. The van der Waals surface area contributed by atoms with E-state index in [-0.39, 0.29) is 17.3 Å². The van der Waals surface area contributed by atoms with E-state index < -0.39 is 0 Å². The van der Waals surface area contributed by atoms with Crippen LogP contribution < -0.4 is 0 Å². The van der Waals surface area contributed by atoms with Crippen molar-refractivity contribution in [2.45, 2.75) is 45.4 Å². The van der Waals surface area contributed by atoms with Crippen LogP contribution in [0.3, 0.4) is 0 Å². The number of carbonyl (C=O) groups excluding carboxylic acids is 1. The summed E-state index contributed by atoms with van der Waals surface area (Å²) in [5.41, 5.74) is 1.26. The summed E-state index contributed by atoms with van der Waals surface area (Å²) in [4.78, 5) is 14.3. The molecule has 2 fully saturated rings. The van der Waals surface area contributed by atoms with Gasteiger partial charge in [-0.15, -0.1) is 0 Å². The second kappa shape index (κ2) is 5.19. The maximum absolute atomic E-state index is 14.1. The highest BCUT2D eigenvalue weighted by Crippen LogP contribution is 2.46. The summed E-state index contributed by atoms with van der Waals surface area (Å²) in [5, 5.41) is 0. The molecule has 1 saturated carbocycles. The number of rotatable bonds is 1. The lowest BCUT2D eigenvalue weighted by Crippen LogP contribution is -2.42. The fourth-order valence-electron chi connectivity index (χ4n) is 3.79. The van der Waals surface area contributed by atoms with Gasteiger partial charge in [0.1, 0.15) is 5.82 Å². The van der Waals surface area contributed by atoms with Gasteiger partial charge in [-0.05, 0) is 49.7 Å². The molecule has 1 spiro atoms. The van der Waals surface area contributed by atoms with Crippen molar-refractivity contribution in [3.63, 3.8) is 0 Å². The summed E-state index contributed by atoms with van der Waals surface area (Å²) in [6.45, 7) is 3.27. The normalized spacial score (nSPS) is 21.4. The fraction of sp³-hybridized carbons (Fsp3) is 0.588. The first-order chi connectivity index (χ1) is 9.61. The van der Waals surface area contributed by atoms with E-state index in [9.17, 15) is 9.18 Å². The van der Waals surface area contributed by atoms with Gasteiger partial charge in [-0.1, -0.05) is 25.0 Å². The van der Waals surface area contributed by atoms with Gasteiger partial charge in [0.25, 0.3) is 5.91 Å². The summed E-state index contributed by atoms with van der Waals surface area (Å²) in [6, 6.07) is 5.06. The molecule has 3 heteroatoms. The first kappa shape index (κ1) is 13.6. The van der Waals surface area contributed by atoms with Crippen molar-refractivity contribution in [2.75, 3.05) is 13.1 Å². The Morgan fingerprint density at radius 3 is 2.45 bits per heavy atom. The summed E-state index contributed by atoms with van der Waals surface area (Å²) in [7, 11) is 0. The Balaban J connectivity index is 1.71. The largest absolute Gasteiger partial charge is 0.339 e. The van der Waals surface area contributed by atoms with Gasteiger partial charge < -0.3 is 4.90 Å². The first-order valence-corrected chi connectivity index (χ1v) is 7.66. The zero-order chi connectivity index (χ0) is 14.2. The van der Waals surface area contributed by atoms with E-state index in [0.29, 0.717) is 11.0 Å². The number of hydrogen-bond acceptors (Lipinski definition) is 1. The van der Waals surface area contributed by atoms with E-state index in [1.54, 1.807) is 25.1 Å². The SMILES string of the molecule is Cc1cccc(C(=O)N2CCC3(CCCC3)CC2)c1F. The van der Waals surface area contributed by atoms with E-state index in [1.807, 2.05) is 4.90 Å². The lowest BCUT2D eigenvalue weighted by Gasteiger charge is -2.39. The molecule has 108 valence electrons. The Morgan fingerprint density at radius 1 is 1.15 bits per heavy atom. The number of amides is 1. The number of nitrogens with zero attached hydrogens (tertiary/aromatic N) is 1. The topological polar surface area (TPSA) is 20.3 Å². The zero-order valence-corrected chi connectivity index (χ0v) is 12.1. The lowest BCUT2D eigenvalue weighted by molar-refractivity contribution is 0.0583. The summed E-state index contributed by atoms with van der Waals surface area (Å²) in [6.07, 6.45) is 7.47. The van der Waals surface area contributed by atoms with Crippen LogP contribution >= 0.6 is 0 Å². The third kappa shape index (κ3) is 2.34. The Hall–Kier alpha value is -1.38. The van der Waals surface area contributed by atoms with Crippen LogP contribution in [0, 0.1) is 18.2 Å². The van der Waals surface area contributed by atoms with Crippen LogP contribution in [0.25, 0.3) is 0 Å². The van der Waals surface area contributed by atoms with Crippen LogP contribution in [0.5, 0.6) is 0 Å². The maximum Gasteiger partial charge on any atom is 0.256 e. The Labute approximate surface area is 120 Å². The molecule has 0 atom stereocenters. The van der Waals surface area contributed by atoms with Crippen LogP contribution in [0.1, 0.15) is 54.4 Å². The lowest BCUT2D eigenvalue weighted by atomic mass is 9.77. The van der Waals surface area contributed by atoms with E-state index in [2.05, 4.69) is 0 Å². The predicted octanol–water partition coefficient (Wildman–Crippen LogP) is 3.93. The highest BCUT2D eigenvalue weighted by atomic mass is 19.1. The molecule has 3 rings (SSSR count). The number of aryl methyl sites for hydroxylation is 1. The third-order valence-corrected chi connectivity index (χ3v) is 5.20. The summed E-state index contributed by atoms with van der Waals surface area (Å²) in [5.74, 6) is -0.502. The molecule has 1 saturated heterocycles. The Kier molecular flexibility index (Phi) is 3.53. The molecule has 0 bridgehead atoms. The predicted molar refractivity (Wildman–Crippen MR) is 77.2 cm³/mol. The van der Waals surface area contributed by atoms with Crippen LogP contribution in [-0.2, 0) is 0 Å². The minimum absolute atomic E-state index is 0.140. The van der Waals surface area contributed by atoms with Gasteiger partial charge in [-0.3, -0.25) is 4.79 Å². The molecule has 0 unspecified atom stereocenters. The second-order valence-electron chi connectivity index (χ2n) is 6.44. The van der Waals surface area contributed by atoms with E-state index in [1.165, 1.54) is 25.7 Å². The number of halogens is 1. The standard InChI is InChI=1S/C17H22FNO/c1-13-5-4-6-14(15(13)18)16(20)19-11-9-17(10-12-19)7-2-3-8-17/h4-6H,2-3,7-12H2,1H3. The monoisotopic (exact) mass is 275 g/mol.